The molecular weight excluding hydrogens is 366 g/mol. The summed E-state index contributed by atoms with van der Waals surface area (Å²) in [5.41, 5.74) is 6.55. The summed E-state index contributed by atoms with van der Waals surface area (Å²) in [6, 6.07) is 2.00. The van der Waals surface area contributed by atoms with Crippen LogP contribution in [0.4, 0.5) is 16.4 Å². The van der Waals surface area contributed by atoms with Gasteiger partial charge >= 0.3 is 12.1 Å². The zero-order valence-electron chi connectivity index (χ0n) is 15.3. The molecule has 28 heavy (non-hydrogen) atoms. The van der Waals surface area contributed by atoms with Crippen LogP contribution in [0.2, 0.25) is 0 Å². The normalized spacial score (nSPS) is 13.8. The number of guanidine groups is 1. The fourth-order valence-corrected chi connectivity index (χ4v) is 2.65. The largest absolute Gasteiger partial charge is 0.467 e. The second kappa shape index (κ2) is 8.79. The van der Waals surface area contributed by atoms with Crippen molar-refractivity contribution in [2.45, 2.75) is 6.61 Å². The number of carbonyl (C=O) groups is 1. The maximum atomic E-state index is 11.4. The number of carbonyl (C=O) groups excluding carboxylic acids is 1. The number of ether oxygens (including phenoxy) is 2. The number of alkyl carbamates (subject to hydrolysis) is 1. The van der Waals surface area contributed by atoms with Crippen LogP contribution in [0.15, 0.2) is 24.7 Å². The van der Waals surface area contributed by atoms with Gasteiger partial charge in [0.25, 0.3) is 0 Å². The van der Waals surface area contributed by atoms with E-state index in [1.807, 2.05) is 5.32 Å². The number of nitrogens with two attached hydrogens (primary N) is 1. The number of rotatable bonds is 5. The number of piperazine rings is 1. The highest BCUT2D eigenvalue weighted by Gasteiger charge is 2.20. The Morgan fingerprint density at radius 3 is 2.54 bits per heavy atom. The quantitative estimate of drug-likeness (QED) is 0.461. The first-order valence-electron chi connectivity index (χ1n) is 8.51. The summed E-state index contributed by atoms with van der Waals surface area (Å²) in [5.74, 6) is 0.0900. The van der Waals surface area contributed by atoms with E-state index in [1.54, 1.807) is 24.7 Å². The minimum Gasteiger partial charge on any atom is -0.467 e. The number of nitrogens with zero attached hydrogens (tertiary/aromatic N) is 6. The first-order valence-corrected chi connectivity index (χ1v) is 8.51. The molecule has 1 aliphatic heterocycles. The van der Waals surface area contributed by atoms with Crippen molar-refractivity contribution in [2.75, 3.05) is 43.1 Å². The topological polar surface area (TPSA) is 155 Å². The fourth-order valence-electron chi connectivity index (χ4n) is 2.65. The summed E-state index contributed by atoms with van der Waals surface area (Å²) in [7, 11) is 1.53. The van der Waals surface area contributed by atoms with Crippen LogP contribution in [0, 0.1) is 5.41 Å². The van der Waals surface area contributed by atoms with E-state index in [0.29, 0.717) is 17.7 Å². The lowest BCUT2D eigenvalue weighted by Crippen LogP contribution is -2.47. The molecule has 0 spiro atoms. The Morgan fingerprint density at radius 1 is 1.21 bits per heavy atom. The third kappa shape index (κ3) is 4.93. The fraction of sp³-hybridized carbons (Fsp3) is 0.375. The number of hydrogen-bond acceptors (Lipinski definition) is 10. The van der Waals surface area contributed by atoms with E-state index in [1.165, 1.54) is 7.11 Å². The molecule has 1 saturated heterocycles. The van der Waals surface area contributed by atoms with Crippen molar-refractivity contribution in [3.05, 3.63) is 30.4 Å². The van der Waals surface area contributed by atoms with Gasteiger partial charge in [-0.15, -0.1) is 0 Å². The number of hydrogen-bond donors (Lipinski definition) is 3. The van der Waals surface area contributed by atoms with E-state index in [9.17, 15) is 4.79 Å². The zero-order valence-corrected chi connectivity index (χ0v) is 15.3. The smallest absolute Gasteiger partial charge is 0.414 e. The molecule has 3 heterocycles. The molecule has 0 unspecified atom stereocenters. The number of anilines is 2. The van der Waals surface area contributed by atoms with E-state index < -0.39 is 12.1 Å². The number of nitrogens with one attached hydrogen (secondary N) is 2. The predicted octanol–water partition coefficient (Wildman–Crippen LogP) is -0.279. The Morgan fingerprint density at radius 2 is 1.89 bits per heavy atom. The Balaban J connectivity index is 1.55. The van der Waals surface area contributed by atoms with Crippen molar-refractivity contribution >= 4 is 23.7 Å². The zero-order chi connectivity index (χ0) is 19.9. The lowest BCUT2D eigenvalue weighted by molar-refractivity contribution is 0.143. The summed E-state index contributed by atoms with van der Waals surface area (Å²) in [6.07, 6.45) is 4.29. The molecule has 0 aromatic carbocycles. The van der Waals surface area contributed by atoms with Gasteiger partial charge in [0, 0.05) is 32.4 Å². The maximum Gasteiger partial charge on any atom is 0.414 e. The van der Waals surface area contributed by atoms with E-state index in [-0.39, 0.29) is 6.61 Å². The van der Waals surface area contributed by atoms with Gasteiger partial charge in [-0.1, -0.05) is 0 Å². The van der Waals surface area contributed by atoms with Crippen molar-refractivity contribution in [3.63, 3.8) is 0 Å². The molecule has 0 saturated carbocycles. The van der Waals surface area contributed by atoms with Crippen molar-refractivity contribution < 1.29 is 14.3 Å². The Hall–Kier alpha value is -3.70. The van der Waals surface area contributed by atoms with Crippen molar-refractivity contribution in [3.8, 4) is 6.01 Å². The van der Waals surface area contributed by atoms with Gasteiger partial charge in [0.2, 0.25) is 5.95 Å². The molecule has 0 aliphatic carbocycles. The average Bonchev–Trinajstić information content (AvgIpc) is 2.72. The molecule has 3 rings (SSSR count). The van der Waals surface area contributed by atoms with Crippen LogP contribution in [0.25, 0.3) is 0 Å². The number of amides is 1. The summed E-state index contributed by atoms with van der Waals surface area (Å²) in [6.45, 7) is 2.93. The van der Waals surface area contributed by atoms with E-state index in [2.05, 4.69) is 29.7 Å². The first kappa shape index (κ1) is 19.1. The van der Waals surface area contributed by atoms with Crippen LogP contribution in [0.5, 0.6) is 6.01 Å². The van der Waals surface area contributed by atoms with Crippen LogP contribution in [-0.4, -0.2) is 65.3 Å². The minimum atomic E-state index is -0.803. The van der Waals surface area contributed by atoms with Crippen LogP contribution < -0.4 is 25.6 Å². The van der Waals surface area contributed by atoms with Crippen LogP contribution >= 0.6 is 0 Å². The summed E-state index contributed by atoms with van der Waals surface area (Å²) in [4.78, 5) is 32.6. The van der Waals surface area contributed by atoms with E-state index in [0.717, 1.165) is 31.9 Å². The Labute approximate surface area is 161 Å². The summed E-state index contributed by atoms with van der Waals surface area (Å²) >= 11 is 0. The molecule has 12 heteroatoms. The lowest BCUT2D eigenvalue weighted by atomic mass is 10.3. The standard InChI is InChI=1S/C16H21N9O3/c1-27-15-20-8-12(9-21-15)24-4-6-25(7-5-24)14-19-3-2-11(22-14)10-28-16(26)23-13(17)18/h2-3,8-9H,4-7,10H2,1H3,(H4,17,18,23,26). The molecular formula is C16H21N9O3. The van der Waals surface area contributed by atoms with E-state index in [4.69, 9.17) is 20.6 Å². The molecule has 4 N–H and O–H groups in total. The van der Waals surface area contributed by atoms with Gasteiger partial charge in [-0.25, -0.2) is 24.7 Å². The number of methoxy groups -OCH3 is 1. The third-order valence-corrected chi connectivity index (χ3v) is 4.01. The molecule has 0 atom stereocenters. The lowest BCUT2D eigenvalue weighted by Gasteiger charge is -2.35. The van der Waals surface area contributed by atoms with Gasteiger partial charge in [-0.3, -0.25) is 10.7 Å². The summed E-state index contributed by atoms with van der Waals surface area (Å²) < 4.78 is 9.94. The molecule has 1 fully saturated rings. The predicted molar refractivity (Wildman–Crippen MR) is 100 cm³/mol. The highest BCUT2D eigenvalue weighted by molar-refractivity contribution is 5.90. The molecule has 0 radical (unpaired) electrons. The van der Waals surface area contributed by atoms with Gasteiger partial charge in [0.1, 0.15) is 6.61 Å². The molecule has 2 aromatic heterocycles. The molecule has 1 amide bonds. The maximum absolute atomic E-state index is 11.4. The Bertz CT molecular complexity index is 822. The monoisotopic (exact) mass is 387 g/mol. The van der Waals surface area contributed by atoms with Crippen molar-refractivity contribution in [1.29, 1.82) is 5.41 Å². The van der Waals surface area contributed by atoms with Crippen molar-refractivity contribution in [2.24, 2.45) is 5.73 Å². The highest BCUT2D eigenvalue weighted by atomic mass is 16.5. The van der Waals surface area contributed by atoms with Crippen LogP contribution in [0.3, 0.4) is 0 Å². The van der Waals surface area contributed by atoms with Gasteiger partial charge in [0.05, 0.1) is 30.9 Å². The molecule has 148 valence electrons. The van der Waals surface area contributed by atoms with Crippen LogP contribution in [-0.2, 0) is 11.3 Å². The minimum absolute atomic E-state index is 0.0439. The molecule has 12 nitrogen and oxygen atoms in total. The SMILES string of the molecule is COc1ncc(N2CCN(c3nccc(COC(=O)NC(=N)N)n3)CC2)cn1. The van der Waals surface area contributed by atoms with Gasteiger partial charge in [-0.2, -0.15) is 0 Å². The van der Waals surface area contributed by atoms with Gasteiger partial charge in [-0.05, 0) is 6.07 Å². The van der Waals surface area contributed by atoms with Crippen molar-refractivity contribution in [1.82, 2.24) is 25.3 Å². The van der Waals surface area contributed by atoms with Gasteiger partial charge < -0.3 is 25.0 Å². The highest BCUT2D eigenvalue weighted by Crippen LogP contribution is 2.18. The third-order valence-electron chi connectivity index (χ3n) is 4.01. The first-order chi connectivity index (χ1) is 13.5. The van der Waals surface area contributed by atoms with Gasteiger partial charge in [0.15, 0.2) is 5.96 Å². The second-order valence-corrected chi connectivity index (χ2v) is 5.86. The molecule has 2 aromatic rings. The summed E-state index contributed by atoms with van der Waals surface area (Å²) in [5, 5.41) is 9.03. The Kier molecular flexibility index (Phi) is 5.99. The number of aromatic nitrogens is 4. The molecule has 0 bridgehead atoms. The average molecular weight is 387 g/mol. The molecule has 1 aliphatic rings. The van der Waals surface area contributed by atoms with Crippen LogP contribution in [0.1, 0.15) is 5.69 Å². The van der Waals surface area contributed by atoms with E-state index >= 15 is 0 Å². The second-order valence-electron chi connectivity index (χ2n) is 5.86.